The van der Waals surface area contributed by atoms with E-state index in [4.69, 9.17) is 16.3 Å². The quantitative estimate of drug-likeness (QED) is 0.732. The van der Waals surface area contributed by atoms with Crippen LogP contribution in [0.25, 0.3) is 0 Å². The molecule has 1 aromatic rings. The van der Waals surface area contributed by atoms with Crippen LogP contribution < -0.4 is 5.32 Å². The van der Waals surface area contributed by atoms with Crippen LogP contribution in [0.2, 0.25) is 5.02 Å². The maximum absolute atomic E-state index is 12.9. The van der Waals surface area contributed by atoms with E-state index in [0.29, 0.717) is 50.7 Å². The molecule has 2 fully saturated rings. The summed E-state index contributed by atoms with van der Waals surface area (Å²) >= 11 is 5.88. The number of rotatable bonds is 6. The van der Waals surface area contributed by atoms with Crippen LogP contribution in [0.15, 0.2) is 29.2 Å². The van der Waals surface area contributed by atoms with Gasteiger partial charge in [0.25, 0.3) is 0 Å². The molecule has 2 amide bonds. The number of carbonyl (C=O) groups is 1. The van der Waals surface area contributed by atoms with Crippen LogP contribution >= 0.6 is 11.6 Å². The van der Waals surface area contributed by atoms with Crippen molar-refractivity contribution < 1.29 is 17.9 Å². The van der Waals surface area contributed by atoms with Crippen LogP contribution in [0, 0.1) is 0 Å². The summed E-state index contributed by atoms with van der Waals surface area (Å²) in [5.41, 5.74) is 0. The van der Waals surface area contributed by atoms with Gasteiger partial charge in [0.05, 0.1) is 4.90 Å². The average Bonchev–Trinajstić information content (AvgIpc) is 2.74. The molecular weight excluding hydrogens is 414 g/mol. The lowest BCUT2D eigenvalue weighted by Gasteiger charge is -2.43. The average molecular weight is 444 g/mol. The fraction of sp³-hybridized carbons (Fsp3) is 0.650. The van der Waals surface area contributed by atoms with Crippen LogP contribution in [0.4, 0.5) is 4.79 Å². The topological polar surface area (TPSA) is 79.0 Å². The van der Waals surface area contributed by atoms with Gasteiger partial charge in [-0.25, -0.2) is 13.2 Å². The highest BCUT2D eigenvalue weighted by Crippen LogP contribution is 2.27. The molecule has 9 heteroatoms. The zero-order valence-electron chi connectivity index (χ0n) is 16.8. The molecule has 0 atom stereocenters. The number of benzene rings is 1. The van der Waals surface area contributed by atoms with Gasteiger partial charge in [0.15, 0.2) is 0 Å². The number of sulfonamides is 1. The molecule has 3 rings (SSSR count). The number of urea groups is 1. The Kier molecular flexibility index (Phi) is 7.79. The minimum Gasteiger partial charge on any atom is -0.381 e. The van der Waals surface area contributed by atoms with E-state index >= 15 is 0 Å². The molecule has 0 aromatic heterocycles. The van der Waals surface area contributed by atoms with Gasteiger partial charge in [-0.15, -0.1) is 0 Å². The normalized spacial score (nSPS) is 19.8. The third-order valence-corrected chi connectivity index (χ3v) is 7.78. The van der Waals surface area contributed by atoms with Crippen LogP contribution in [0.5, 0.6) is 0 Å². The standard InChI is InChI=1S/C20H30ClN3O4S/c1-2-11-22-20(25)24(18-9-14-28-15-10-18)17-7-12-23(13-8-17)29(26,27)19-5-3-16(21)4-6-19/h3-6,17-18H,2,7-15H2,1H3,(H,22,25). The Hall–Kier alpha value is -1.35. The van der Waals surface area contributed by atoms with Gasteiger partial charge in [-0.2, -0.15) is 4.31 Å². The molecule has 2 saturated heterocycles. The minimum absolute atomic E-state index is 0.0339. The van der Waals surface area contributed by atoms with Gasteiger partial charge in [0.2, 0.25) is 10.0 Å². The summed E-state index contributed by atoms with van der Waals surface area (Å²) in [6, 6.07) is 6.39. The highest BCUT2D eigenvalue weighted by Gasteiger charge is 2.36. The number of amides is 2. The number of hydrogen-bond donors (Lipinski definition) is 1. The zero-order chi connectivity index (χ0) is 20.9. The molecule has 162 valence electrons. The highest BCUT2D eigenvalue weighted by molar-refractivity contribution is 7.89. The van der Waals surface area contributed by atoms with Crippen molar-refractivity contribution >= 4 is 27.7 Å². The summed E-state index contributed by atoms with van der Waals surface area (Å²) in [4.78, 5) is 15.1. The summed E-state index contributed by atoms with van der Waals surface area (Å²) in [5.74, 6) is 0. The highest BCUT2D eigenvalue weighted by atomic mass is 35.5. The largest absolute Gasteiger partial charge is 0.381 e. The third kappa shape index (κ3) is 5.42. The molecule has 7 nitrogen and oxygen atoms in total. The van der Waals surface area contributed by atoms with E-state index in [1.165, 1.54) is 16.4 Å². The molecule has 2 aliphatic rings. The van der Waals surface area contributed by atoms with E-state index in [9.17, 15) is 13.2 Å². The first-order valence-electron chi connectivity index (χ1n) is 10.3. The second-order valence-corrected chi connectivity index (χ2v) is 9.95. The summed E-state index contributed by atoms with van der Waals surface area (Å²) in [7, 11) is -3.55. The van der Waals surface area contributed by atoms with Gasteiger partial charge in [0.1, 0.15) is 0 Å². The van der Waals surface area contributed by atoms with Gasteiger partial charge in [-0.1, -0.05) is 18.5 Å². The number of nitrogens with zero attached hydrogens (tertiary/aromatic N) is 2. The van der Waals surface area contributed by atoms with Gasteiger partial charge < -0.3 is 15.0 Å². The fourth-order valence-corrected chi connectivity index (χ4v) is 5.63. The Morgan fingerprint density at radius 2 is 1.72 bits per heavy atom. The molecule has 0 saturated carbocycles. The van der Waals surface area contributed by atoms with Gasteiger partial charge in [0, 0.05) is 50.0 Å². The Morgan fingerprint density at radius 3 is 2.31 bits per heavy atom. The van der Waals surface area contributed by atoms with E-state index in [1.54, 1.807) is 12.1 Å². The lowest BCUT2D eigenvalue weighted by molar-refractivity contribution is 0.0255. The first-order valence-corrected chi connectivity index (χ1v) is 12.1. The first-order chi connectivity index (χ1) is 13.9. The van der Waals surface area contributed by atoms with Crippen molar-refractivity contribution in [3.8, 4) is 0 Å². The van der Waals surface area contributed by atoms with E-state index in [2.05, 4.69) is 5.32 Å². The van der Waals surface area contributed by atoms with E-state index in [1.807, 2.05) is 11.8 Å². The number of ether oxygens (including phenoxy) is 1. The van der Waals surface area contributed by atoms with Gasteiger partial charge in [-0.3, -0.25) is 0 Å². The predicted molar refractivity (Wildman–Crippen MR) is 113 cm³/mol. The maximum atomic E-state index is 12.9. The predicted octanol–water partition coefficient (Wildman–Crippen LogP) is 3.09. The third-order valence-electron chi connectivity index (χ3n) is 5.61. The number of halogens is 1. The maximum Gasteiger partial charge on any atom is 0.317 e. The molecule has 0 radical (unpaired) electrons. The molecule has 0 spiro atoms. The summed E-state index contributed by atoms with van der Waals surface area (Å²) in [6.45, 7) is 4.78. The van der Waals surface area contributed by atoms with Crippen LogP contribution in [-0.2, 0) is 14.8 Å². The Bertz CT molecular complexity index is 773. The molecule has 0 aliphatic carbocycles. The molecule has 0 unspecified atom stereocenters. The zero-order valence-corrected chi connectivity index (χ0v) is 18.4. The van der Waals surface area contributed by atoms with Crippen LogP contribution in [-0.4, -0.2) is 68.6 Å². The molecule has 29 heavy (non-hydrogen) atoms. The molecule has 1 N–H and O–H groups in total. The van der Waals surface area contributed by atoms with Crippen molar-refractivity contribution in [2.24, 2.45) is 0 Å². The van der Waals surface area contributed by atoms with E-state index in [0.717, 1.165) is 19.3 Å². The summed E-state index contributed by atoms with van der Waals surface area (Å²) in [5, 5.41) is 3.51. The second kappa shape index (κ2) is 10.1. The SMILES string of the molecule is CCCNC(=O)N(C1CCOCC1)C1CCN(S(=O)(=O)c2ccc(Cl)cc2)CC1. The van der Waals surface area contributed by atoms with Crippen molar-refractivity contribution in [3.63, 3.8) is 0 Å². The number of hydrogen-bond acceptors (Lipinski definition) is 4. The second-order valence-electron chi connectivity index (χ2n) is 7.57. The Morgan fingerprint density at radius 1 is 1.14 bits per heavy atom. The summed E-state index contributed by atoms with van der Waals surface area (Å²) < 4.78 is 32.8. The van der Waals surface area contributed by atoms with Crippen molar-refractivity contribution in [1.82, 2.24) is 14.5 Å². The summed E-state index contributed by atoms with van der Waals surface area (Å²) in [6.07, 6.45) is 3.78. The lowest BCUT2D eigenvalue weighted by Crippen LogP contribution is -2.56. The fourth-order valence-electron chi connectivity index (χ4n) is 4.03. The Balaban J connectivity index is 1.68. The molecule has 2 aliphatic heterocycles. The van der Waals surface area contributed by atoms with Gasteiger partial charge >= 0.3 is 6.03 Å². The van der Waals surface area contributed by atoms with Crippen molar-refractivity contribution in [2.75, 3.05) is 32.8 Å². The molecule has 1 aromatic carbocycles. The lowest BCUT2D eigenvalue weighted by atomic mass is 9.99. The van der Waals surface area contributed by atoms with E-state index < -0.39 is 10.0 Å². The number of carbonyl (C=O) groups excluding carboxylic acids is 1. The minimum atomic E-state index is -3.55. The molecule has 0 bridgehead atoms. The van der Waals surface area contributed by atoms with Crippen molar-refractivity contribution in [3.05, 3.63) is 29.3 Å². The van der Waals surface area contributed by atoms with Crippen molar-refractivity contribution in [2.45, 2.75) is 56.0 Å². The number of nitrogens with one attached hydrogen (secondary N) is 1. The molecule has 2 heterocycles. The van der Waals surface area contributed by atoms with Crippen LogP contribution in [0.1, 0.15) is 39.0 Å². The first kappa shape index (κ1) is 22.3. The van der Waals surface area contributed by atoms with Crippen LogP contribution in [0.3, 0.4) is 0 Å². The van der Waals surface area contributed by atoms with E-state index in [-0.39, 0.29) is 23.0 Å². The Labute approximate surface area is 178 Å². The monoisotopic (exact) mass is 443 g/mol. The number of piperidine rings is 1. The smallest absolute Gasteiger partial charge is 0.317 e. The van der Waals surface area contributed by atoms with Crippen molar-refractivity contribution in [1.29, 1.82) is 0 Å². The molecular formula is C20H30ClN3O4S. The van der Waals surface area contributed by atoms with Gasteiger partial charge in [-0.05, 0) is 56.4 Å².